The van der Waals surface area contributed by atoms with Gasteiger partial charge in [0.05, 0.1) is 0 Å². The molecule has 0 aliphatic rings. The highest BCUT2D eigenvalue weighted by atomic mass is 19.1. The molecule has 0 spiro atoms. The molecule has 0 radical (unpaired) electrons. The summed E-state index contributed by atoms with van der Waals surface area (Å²) >= 11 is 0. The van der Waals surface area contributed by atoms with Gasteiger partial charge in [0.25, 0.3) is 0 Å². The highest BCUT2D eigenvalue weighted by Crippen LogP contribution is 2.26. The number of aromatic nitrogens is 2. The number of hydrogen-bond acceptors (Lipinski definition) is 3. The molecule has 1 heterocycles. The molecule has 0 aliphatic heterocycles. The lowest BCUT2D eigenvalue weighted by Crippen LogP contribution is -2.20. The van der Waals surface area contributed by atoms with Gasteiger partial charge < -0.3 is 14.6 Å². The molecule has 2 rings (SSSR count). The highest BCUT2D eigenvalue weighted by Gasteiger charge is 2.13. The van der Waals surface area contributed by atoms with E-state index in [0.29, 0.717) is 12.4 Å². The summed E-state index contributed by atoms with van der Waals surface area (Å²) in [5, 5.41) is 3.39. The number of aryl methyl sites for hydroxylation is 1. The lowest BCUT2D eigenvalue weighted by Gasteiger charge is -2.18. The first-order valence-corrected chi connectivity index (χ1v) is 7.23. The SMILES string of the molecule is CCCNC(C)c1ccc(F)cc1OCc1nccn1C. The lowest BCUT2D eigenvalue weighted by molar-refractivity contribution is 0.284. The standard InChI is InChI=1S/C16H22FN3O/c1-4-7-18-12(2)14-6-5-13(17)10-15(14)21-11-16-19-8-9-20(16)3/h5-6,8-10,12,18H,4,7,11H2,1-3H3. The van der Waals surface area contributed by atoms with Gasteiger partial charge in [-0.05, 0) is 26.0 Å². The Bertz CT molecular complexity index is 583. The molecule has 1 N–H and O–H groups in total. The van der Waals surface area contributed by atoms with Gasteiger partial charge in [-0.3, -0.25) is 0 Å². The first kappa shape index (κ1) is 15.5. The second-order valence-corrected chi connectivity index (χ2v) is 5.10. The van der Waals surface area contributed by atoms with Crippen LogP contribution in [0.25, 0.3) is 0 Å². The zero-order valence-corrected chi connectivity index (χ0v) is 12.8. The second kappa shape index (κ2) is 7.22. The van der Waals surface area contributed by atoms with E-state index in [0.717, 1.165) is 24.4 Å². The van der Waals surface area contributed by atoms with Gasteiger partial charge >= 0.3 is 0 Å². The molecule has 1 atom stereocenters. The van der Waals surface area contributed by atoms with Crippen LogP contribution >= 0.6 is 0 Å². The Kier molecular flexibility index (Phi) is 5.33. The molecule has 4 nitrogen and oxygen atoms in total. The largest absolute Gasteiger partial charge is 0.485 e. The van der Waals surface area contributed by atoms with E-state index in [4.69, 9.17) is 4.74 Å². The predicted octanol–water partition coefficient (Wildman–Crippen LogP) is 3.20. The molecule has 1 unspecified atom stereocenters. The normalized spacial score (nSPS) is 12.4. The van der Waals surface area contributed by atoms with Gasteiger partial charge in [-0.1, -0.05) is 13.0 Å². The molecule has 2 aromatic rings. The van der Waals surface area contributed by atoms with Crippen molar-refractivity contribution in [2.24, 2.45) is 7.05 Å². The van der Waals surface area contributed by atoms with E-state index in [1.807, 2.05) is 17.8 Å². The lowest BCUT2D eigenvalue weighted by atomic mass is 10.1. The van der Waals surface area contributed by atoms with Crippen molar-refractivity contribution in [2.75, 3.05) is 6.54 Å². The van der Waals surface area contributed by atoms with Crippen LogP contribution in [-0.2, 0) is 13.7 Å². The number of ether oxygens (including phenoxy) is 1. The summed E-state index contributed by atoms with van der Waals surface area (Å²) in [6, 6.07) is 4.79. The average molecular weight is 291 g/mol. The van der Waals surface area contributed by atoms with Gasteiger partial charge in [0.1, 0.15) is 24.0 Å². The maximum atomic E-state index is 13.5. The van der Waals surface area contributed by atoms with Crippen LogP contribution in [0.1, 0.15) is 37.7 Å². The number of nitrogens with zero attached hydrogens (tertiary/aromatic N) is 2. The van der Waals surface area contributed by atoms with E-state index in [2.05, 4.69) is 24.1 Å². The van der Waals surface area contributed by atoms with E-state index in [9.17, 15) is 4.39 Å². The van der Waals surface area contributed by atoms with Crippen LogP contribution in [0.15, 0.2) is 30.6 Å². The maximum absolute atomic E-state index is 13.5. The van der Waals surface area contributed by atoms with Crippen molar-refractivity contribution in [3.8, 4) is 5.75 Å². The Labute approximate surface area is 125 Å². The summed E-state index contributed by atoms with van der Waals surface area (Å²) in [5.41, 5.74) is 0.957. The molecular weight excluding hydrogens is 269 g/mol. The number of rotatable bonds is 7. The van der Waals surface area contributed by atoms with Gasteiger partial charge in [-0.2, -0.15) is 0 Å². The molecular formula is C16H22FN3O. The fourth-order valence-electron chi connectivity index (χ4n) is 2.14. The highest BCUT2D eigenvalue weighted by molar-refractivity contribution is 5.36. The number of halogens is 1. The molecule has 0 saturated heterocycles. The van der Waals surface area contributed by atoms with Crippen LogP contribution < -0.4 is 10.1 Å². The quantitative estimate of drug-likeness (QED) is 0.851. The third kappa shape index (κ3) is 4.04. The second-order valence-electron chi connectivity index (χ2n) is 5.10. The molecule has 1 aromatic heterocycles. The van der Waals surface area contributed by atoms with E-state index >= 15 is 0 Å². The van der Waals surface area contributed by atoms with E-state index in [1.165, 1.54) is 12.1 Å². The minimum atomic E-state index is -0.295. The van der Waals surface area contributed by atoms with E-state index < -0.39 is 0 Å². The Balaban J connectivity index is 2.13. The van der Waals surface area contributed by atoms with Crippen LogP contribution in [0.5, 0.6) is 5.75 Å². The topological polar surface area (TPSA) is 39.1 Å². The molecule has 0 saturated carbocycles. The van der Waals surface area contributed by atoms with Gasteiger partial charge in [0, 0.05) is 37.1 Å². The smallest absolute Gasteiger partial charge is 0.146 e. The van der Waals surface area contributed by atoms with Crippen molar-refractivity contribution < 1.29 is 9.13 Å². The average Bonchev–Trinajstić information content (AvgIpc) is 2.88. The van der Waals surface area contributed by atoms with Gasteiger partial charge in [0.15, 0.2) is 0 Å². The first-order chi connectivity index (χ1) is 10.1. The molecule has 0 aliphatic carbocycles. The van der Waals surface area contributed by atoms with Crippen LogP contribution in [0, 0.1) is 5.82 Å². The molecule has 0 fully saturated rings. The fourth-order valence-corrected chi connectivity index (χ4v) is 2.14. The van der Waals surface area contributed by atoms with Crippen LogP contribution in [0.4, 0.5) is 4.39 Å². The molecule has 21 heavy (non-hydrogen) atoms. The van der Waals surface area contributed by atoms with E-state index in [1.54, 1.807) is 12.3 Å². The summed E-state index contributed by atoms with van der Waals surface area (Å²) in [6.45, 7) is 5.40. The molecule has 5 heteroatoms. The zero-order chi connectivity index (χ0) is 15.2. The molecule has 114 valence electrons. The molecule has 1 aromatic carbocycles. The summed E-state index contributed by atoms with van der Waals surface area (Å²) in [6.07, 6.45) is 4.63. The minimum absolute atomic E-state index is 0.113. The predicted molar refractivity (Wildman–Crippen MR) is 80.6 cm³/mol. The Morgan fingerprint density at radius 1 is 1.43 bits per heavy atom. The number of hydrogen-bond donors (Lipinski definition) is 1. The molecule has 0 bridgehead atoms. The Morgan fingerprint density at radius 3 is 2.90 bits per heavy atom. The van der Waals surface area contributed by atoms with Crippen LogP contribution in [0.3, 0.4) is 0 Å². The third-order valence-electron chi connectivity index (χ3n) is 3.42. The third-order valence-corrected chi connectivity index (χ3v) is 3.42. The fraction of sp³-hybridized carbons (Fsp3) is 0.438. The van der Waals surface area contributed by atoms with Crippen molar-refractivity contribution in [2.45, 2.75) is 32.9 Å². The van der Waals surface area contributed by atoms with Gasteiger partial charge in [-0.25, -0.2) is 9.37 Å². The minimum Gasteiger partial charge on any atom is -0.485 e. The van der Waals surface area contributed by atoms with Crippen LogP contribution in [0.2, 0.25) is 0 Å². The number of benzene rings is 1. The van der Waals surface area contributed by atoms with Crippen molar-refractivity contribution in [1.82, 2.24) is 14.9 Å². The summed E-state index contributed by atoms with van der Waals surface area (Å²) < 4.78 is 21.2. The van der Waals surface area contributed by atoms with Gasteiger partial charge in [0.2, 0.25) is 0 Å². The Hall–Kier alpha value is -1.88. The van der Waals surface area contributed by atoms with Crippen LogP contribution in [-0.4, -0.2) is 16.1 Å². The van der Waals surface area contributed by atoms with Crippen molar-refractivity contribution in [1.29, 1.82) is 0 Å². The first-order valence-electron chi connectivity index (χ1n) is 7.23. The summed E-state index contributed by atoms with van der Waals surface area (Å²) in [5.74, 6) is 1.07. The van der Waals surface area contributed by atoms with E-state index in [-0.39, 0.29) is 11.9 Å². The maximum Gasteiger partial charge on any atom is 0.146 e. The number of nitrogens with one attached hydrogen (secondary N) is 1. The summed E-state index contributed by atoms with van der Waals surface area (Å²) in [7, 11) is 1.91. The van der Waals surface area contributed by atoms with Gasteiger partial charge in [-0.15, -0.1) is 0 Å². The monoisotopic (exact) mass is 291 g/mol. The van der Waals surface area contributed by atoms with Crippen molar-refractivity contribution >= 4 is 0 Å². The summed E-state index contributed by atoms with van der Waals surface area (Å²) in [4.78, 5) is 4.21. The number of imidazole rings is 1. The zero-order valence-electron chi connectivity index (χ0n) is 12.8. The van der Waals surface area contributed by atoms with Crippen molar-refractivity contribution in [3.05, 3.63) is 47.8 Å². The van der Waals surface area contributed by atoms with Crippen molar-refractivity contribution in [3.63, 3.8) is 0 Å². The Morgan fingerprint density at radius 2 is 2.24 bits per heavy atom. The molecule has 0 amide bonds.